The smallest absolute Gasteiger partial charge is 0.321 e. The highest BCUT2D eigenvalue weighted by Crippen LogP contribution is 2.41. The number of hydrogen-bond donors (Lipinski definition) is 1. The van der Waals surface area contributed by atoms with Crippen LogP contribution in [0.3, 0.4) is 0 Å². The minimum absolute atomic E-state index is 0.146. The molecule has 0 aromatic rings. The number of hydrogen-bond acceptors (Lipinski definition) is 1. The second-order valence-electron chi connectivity index (χ2n) is 5.23. The molecule has 0 aromatic carbocycles. The molecule has 1 saturated carbocycles. The largest absolute Gasteiger partial charge is 0.480 e. The third-order valence-corrected chi connectivity index (χ3v) is 4.20. The summed E-state index contributed by atoms with van der Waals surface area (Å²) in [6, 6.07) is 0. The van der Waals surface area contributed by atoms with Crippen LogP contribution in [0.2, 0.25) is 0 Å². The first-order valence-electron chi connectivity index (χ1n) is 5.80. The third-order valence-electron chi connectivity index (χ3n) is 3.69. The van der Waals surface area contributed by atoms with Gasteiger partial charge in [-0.25, -0.2) is 0 Å². The fourth-order valence-electron chi connectivity index (χ4n) is 2.80. The van der Waals surface area contributed by atoms with Crippen LogP contribution in [0.1, 0.15) is 40.0 Å². The Morgan fingerprint density at radius 3 is 2.40 bits per heavy atom. The molecule has 2 nitrogen and oxygen atoms in total. The highest BCUT2D eigenvalue weighted by atomic mass is 35.5. The second-order valence-corrected chi connectivity index (χ2v) is 5.70. The minimum atomic E-state index is -0.860. The van der Waals surface area contributed by atoms with Gasteiger partial charge in [0.05, 0.1) is 0 Å². The molecule has 0 heterocycles. The molecule has 1 aliphatic carbocycles. The van der Waals surface area contributed by atoms with Crippen molar-refractivity contribution in [3.63, 3.8) is 0 Å². The predicted octanol–water partition coefficient (Wildman–Crippen LogP) is 3.39. The van der Waals surface area contributed by atoms with Gasteiger partial charge in [-0.2, -0.15) is 0 Å². The molecule has 3 heteroatoms. The summed E-state index contributed by atoms with van der Waals surface area (Å²) in [5.41, 5.74) is 0. The molecule has 0 amide bonds. The Hall–Kier alpha value is -0.240. The van der Waals surface area contributed by atoms with Crippen molar-refractivity contribution >= 4 is 17.6 Å². The monoisotopic (exact) mass is 232 g/mol. The summed E-state index contributed by atoms with van der Waals surface area (Å²) in [5, 5.41) is 8.28. The molecule has 1 aliphatic rings. The van der Waals surface area contributed by atoms with E-state index in [1.54, 1.807) is 0 Å². The number of rotatable bonds is 3. The van der Waals surface area contributed by atoms with Gasteiger partial charge >= 0.3 is 5.97 Å². The number of carboxylic acid groups (broad SMARTS) is 1. The van der Waals surface area contributed by atoms with Gasteiger partial charge in [-0.15, -0.1) is 11.6 Å². The maximum atomic E-state index is 10.9. The fourth-order valence-corrected chi connectivity index (χ4v) is 3.09. The Labute approximate surface area is 97.0 Å². The first kappa shape index (κ1) is 12.8. The molecule has 0 aromatic heterocycles. The van der Waals surface area contributed by atoms with E-state index < -0.39 is 11.3 Å². The number of carbonyl (C=O) groups is 1. The lowest BCUT2D eigenvalue weighted by Gasteiger charge is -2.38. The van der Waals surface area contributed by atoms with Gasteiger partial charge < -0.3 is 5.11 Å². The van der Waals surface area contributed by atoms with Gasteiger partial charge in [0.2, 0.25) is 0 Å². The van der Waals surface area contributed by atoms with Gasteiger partial charge in [0.15, 0.2) is 0 Å². The number of aliphatic carboxylic acids is 1. The van der Waals surface area contributed by atoms with Crippen LogP contribution in [0.15, 0.2) is 0 Å². The van der Waals surface area contributed by atoms with Crippen LogP contribution in [0.5, 0.6) is 0 Å². The van der Waals surface area contributed by atoms with Crippen molar-refractivity contribution in [3.05, 3.63) is 0 Å². The average molecular weight is 233 g/mol. The Morgan fingerprint density at radius 1 is 1.33 bits per heavy atom. The van der Waals surface area contributed by atoms with E-state index in [0.717, 1.165) is 12.8 Å². The molecular weight excluding hydrogens is 212 g/mol. The van der Waals surface area contributed by atoms with Crippen molar-refractivity contribution in [2.24, 2.45) is 23.7 Å². The summed E-state index contributed by atoms with van der Waals surface area (Å²) >= 11 is 6.00. The van der Waals surface area contributed by atoms with Crippen molar-refractivity contribution < 1.29 is 9.90 Å². The van der Waals surface area contributed by atoms with Gasteiger partial charge in [0.25, 0.3) is 0 Å². The molecule has 1 N–H and O–H groups in total. The first-order valence-corrected chi connectivity index (χ1v) is 6.24. The molecule has 4 atom stereocenters. The molecule has 0 spiro atoms. The summed E-state index contributed by atoms with van der Waals surface area (Å²) < 4.78 is 0. The molecule has 15 heavy (non-hydrogen) atoms. The lowest BCUT2D eigenvalue weighted by molar-refractivity contribution is -0.138. The van der Waals surface area contributed by atoms with Crippen molar-refractivity contribution in [2.45, 2.75) is 45.4 Å². The van der Waals surface area contributed by atoms with Crippen LogP contribution < -0.4 is 0 Å². The Morgan fingerprint density at radius 2 is 1.93 bits per heavy atom. The summed E-state index contributed by atoms with van der Waals surface area (Å²) in [7, 11) is 0. The van der Waals surface area contributed by atoms with E-state index in [0.29, 0.717) is 17.8 Å². The number of halogens is 1. The normalized spacial score (nSPS) is 34.1. The molecule has 0 aliphatic heterocycles. The van der Waals surface area contributed by atoms with E-state index in [9.17, 15) is 4.79 Å². The van der Waals surface area contributed by atoms with Crippen LogP contribution >= 0.6 is 11.6 Å². The SMILES string of the molecule is CC1CCC(C(C)C)C(C(Cl)C(=O)O)C1. The summed E-state index contributed by atoms with van der Waals surface area (Å²) in [4.78, 5) is 10.9. The highest BCUT2D eigenvalue weighted by Gasteiger charge is 2.37. The highest BCUT2D eigenvalue weighted by molar-refractivity contribution is 6.29. The van der Waals surface area contributed by atoms with Gasteiger partial charge in [-0.3, -0.25) is 4.79 Å². The van der Waals surface area contributed by atoms with Crippen molar-refractivity contribution in [1.82, 2.24) is 0 Å². The molecule has 0 radical (unpaired) electrons. The van der Waals surface area contributed by atoms with E-state index >= 15 is 0 Å². The van der Waals surface area contributed by atoms with Crippen molar-refractivity contribution in [3.8, 4) is 0 Å². The minimum Gasteiger partial charge on any atom is -0.480 e. The quantitative estimate of drug-likeness (QED) is 0.758. The maximum Gasteiger partial charge on any atom is 0.321 e. The second kappa shape index (κ2) is 5.20. The fraction of sp³-hybridized carbons (Fsp3) is 0.917. The van der Waals surface area contributed by atoms with Gasteiger partial charge in [0.1, 0.15) is 5.38 Å². The van der Waals surface area contributed by atoms with Crippen LogP contribution in [-0.4, -0.2) is 16.5 Å². The molecule has 1 rings (SSSR count). The van der Waals surface area contributed by atoms with Crippen molar-refractivity contribution in [2.75, 3.05) is 0 Å². The first-order chi connectivity index (χ1) is 6.93. The van der Waals surface area contributed by atoms with Gasteiger partial charge in [-0.1, -0.05) is 27.2 Å². The summed E-state index contributed by atoms with van der Waals surface area (Å²) in [6.45, 7) is 6.52. The summed E-state index contributed by atoms with van der Waals surface area (Å²) in [6.07, 6.45) is 3.30. The molecular formula is C12H21ClO2. The van der Waals surface area contributed by atoms with Crippen molar-refractivity contribution in [1.29, 1.82) is 0 Å². The Balaban J connectivity index is 2.74. The van der Waals surface area contributed by atoms with E-state index in [2.05, 4.69) is 20.8 Å². The van der Waals surface area contributed by atoms with Crippen LogP contribution in [0.25, 0.3) is 0 Å². The van der Waals surface area contributed by atoms with Crippen LogP contribution in [0.4, 0.5) is 0 Å². The molecule has 88 valence electrons. The molecule has 4 unspecified atom stereocenters. The number of carboxylic acids is 1. The molecule has 1 fully saturated rings. The van der Waals surface area contributed by atoms with Gasteiger partial charge in [0, 0.05) is 0 Å². The zero-order valence-corrected chi connectivity index (χ0v) is 10.5. The zero-order chi connectivity index (χ0) is 11.6. The Kier molecular flexibility index (Phi) is 4.45. The summed E-state index contributed by atoms with van der Waals surface area (Å²) in [5.74, 6) is 0.905. The zero-order valence-electron chi connectivity index (χ0n) is 9.74. The predicted molar refractivity (Wildman–Crippen MR) is 62.1 cm³/mol. The number of alkyl halides is 1. The van der Waals surface area contributed by atoms with E-state index in [1.165, 1.54) is 6.42 Å². The Bertz CT molecular complexity index is 228. The third kappa shape index (κ3) is 3.10. The van der Waals surface area contributed by atoms with E-state index in [1.807, 2.05) is 0 Å². The lowest BCUT2D eigenvalue weighted by atomic mass is 9.69. The van der Waals surface area contributed by atoms with Crippen LogP contribution in [0, 0.1) is 23.7 Å². The van der Waals surface area contributed by atoms with Gasteiger partial charge in [-0.05, 0) is 36.5 Å². The van der Waals surface area contributed by atoms with Crippen LogP contribution in [-0.2, 0) is 4.79 Å². The lowest BCUT2D eigenvalue weighted by Crippen LogP contribution is -2.37. The standard InChI is InChI=1S/C12H21ClO2/c1-7(2)9-5-4-8(3)6-10(9)11(13)12(14)15/h7-11H,4-6H2,1-3H3,(H,14,15). The average Bonchev–Trinajstić information content (AvgIpc) is 2.15. The molecule has 0 bridgehead atoms. The maximum absolute atomic E-state index is 10.9. The molecule has 0 saturated heterocycles. The van der Waals surface area contributed by atoms with E-state index in [-0.39, 0.29) is 5.92 Å². The van der Waals surface area contributed by atoms with E-state index in [4.69, 9.17) is 16.7 Å². The topological polar surface area (TPSA) is 37.3 Å².